The lowest BCUT2D eigenvalue weighted by Crippen LogP contribution is -2.28. The molecule has 7 nitrogen and oxygen atoms in total. The van der Waals surface area contributed by atoms with Crippen molar-refractivity contribution in [3.63, 3.8) is 0 Å². The van der Waals surface area contributed by atoms with Gasteiger partial charge >= 0.3 is 5.69 Å². The third kappa shape index (κ3) is 2.74. The van der Waals surface area contributed by atoms with E-state index in [4.69, 9.17) is 9.84 Å². The summed E-state index contributed by atoms with van der Waals surface area (Å²) in [4.78, 5) is 26.3. The molecule has 7 heteroatoms. The highest BCUT2D eigenvalue weighted by molar-refractivity contribution is 5.87. The van der Waals surface area contributed by atoms with Crippen molar-refractivity contribution >= 4 is 11.7 Å². The first kappa shape index (κ1) is 12.7. The third-order valence-corrected chi connectivity index (χ3v) is 2.73. The Bertz CT molecular complexity index is 499. The summed E-state index contributed by atoms with van der Waals surface area (Å²) in [6.07, 6.45) is 2.28. The van der Waals surface area contributed by atoms with Gasteiger partial charge in [0, 0.05) is 13.1 Å². The number of ether oxygens (including phenoxy) is 1. The largest absolute Gasteiger partial charge is 0.394 e. The van der Waals surface area contributed by atoms with E-state index in [9.17, 15) is 9.59 Å². The minimum Gasteiger partial charge on any atom is -0.394 e. The SMILES string of the molecule is CC(=O)Nc1ccn([C@H]2CC[C@@H](CO)O2)c(=O)n1. The van der Waals surface area contributed by atoms with Crippen LogP contribution >= 0.6 is 0 Å². The molecule has 1 amide bonds. The van der Waals surface area contributed by atoms with Gasteiger partial charge in [-0.1, -0.05) is 0 Å². The van der Waals surface area contributed by atoms with E-state index in [1.54, 1.807) is 6.07 Å². The lowest BCUT2D eigenvalue weighted by molar-refractivity contribution is -0.114. The van der Waals surface area contributed by atoms with Gasteiger partial charge in [-0.3, -0.25) is 9.36 Å². The first-order valence-electron chi connectivity index (χ1n) is 5.73. The molecule has 98 valence electrons. The summed E-state index contributed by atoms with van der Waals surface area (Å²) < 4.78 is 6.85. The van der Waals surface area contributed by atoms with E-state index in [1.165, 1.54) is 17.7 Å². The Balaban J connectivity index is 2.15. The van der Waals surface area contributed by atoms with Gasteiger partial charge in [-0.05, 0) is 18.9 Å². The number of nitrogens with one attached hydrogen (secondary N) is 1. The van der Waals surface area contributed by atoms with Gasteiger partial charge in [-0.2, -0.15) is 4.98 Å². The summed E-state index contributed by atoms with van der Waals surface area (Å²) in [6.45, 7) is 1.29. The molecule has 18 heavy (non-hydrogen) atoms. The summed E-state index contributed by atoms with van der Waals surface area (Å²) in [5, 5.41) is 11.4. The summed E-state index contributed by atoms with van der Waals surface area (Å²) in [6, 6.07) is 1.54. The monoisotopic (exact) mass is 253 g/mol. The van der Waals surface area contributed by atoms with Gasteiger partial charge in [0.25, 0.3) is 0 Å². The fourth-order valence-electron chi connectivity index (χ4n) is 1.91. The highest BCUT2D eigenvalue weighted by Gasteiger charge is 2.26. The molecule has 0 aromatic carbocycles. The van der Waals surface area contributed by atoms with Crippen LogP contribution in [0.5, 0.6) is 0 Å². The lowest BCUT2D eigenvalue weighted by atomic mass is 10.2. The predicted molar refractivity (Wildman–Crippen MR) is 63.0 cm³/mol. The summed E-state index contributed by atoms with van der Waals surface area (Å²) in [7, 11) is 0. The Morgan fingerprint density at radius 3 is 3.00 bits per heavy atom. The quantitative estimate of drug-likeness (QED) is 0.782. The standard InChI is InChI=1S/C11H15N3O4/c1-7(16)12-9-4-5-14(11(17)13-9)10-3-2-8(6-15)18-10/h4-5,8,10,15H,2-3,6H2,1H3,(H,12,13,16,17)/t8-,10+/m0/s1. The van der Waals surface area contributed by atoms with E-state index in [2.05, 4.69) is 10.3 Å². The molecule has 2 N–H and O–H groups in total. The van der Waals surface area contributed by atoms with Crippen LogP contribution in [0, 0.1) is 0 Å². The molecule has 1 aromatic heterocycles. The van der Waals surface area contributed by atoms with E-state index in [0.29, 0.717) is 12.8 Å². The van der Waals surface area contributed by atoms with Crippen molar-refractivity contribution in [2.45, 2.75) is 32.1 Å². The number of carbonyl (C=O) groups is 1. The first-order chi connectivity index (χ1) is 8.60. The van der Waals surface area contributed by atoms with E-state index in [-0.39, 0.29) is 24.4 Å². The maximum absolute atomic E-state index is 11.8. The Labute approximate surface area is 103 Å². The zero-order valence-corrected chi connectivity index (χ0v) is 10.00. The number of anilines is 1. The lowest BCUT2D eigenvalue weighted by Gasteiger charge is -2.14. The van der Waals surface area contributed by atoms with Crippen LogP contribution in [0.3, 0.4) is 0 Å². The molecular weight excluding hydrogens is 238 g/mol. The number of aromatic nitrogens is 2. The molecule has 1 aliphatic heterocycles. The van der Waals surface area contributed by atoms with Gasteiger partial charge in [0.05, 0.1) is 12.7 Å². The third-order valence-electron chi connectivity index (χ3n) is 2.73. The molecule has 0 aliphatic carbocycles. The number of aliphatic hydroxyl groups is 1. The maximum atomic E-state index is 11.8. The van der Waals surface area contributed by atoms with Crippen molar-refractivity contribution in [1.82, 2.24) is 9.55 Å². The van der Waals surface area contributed by atoms with Gasteiger partial charge in [0.1, 0.15) is 12.0 Å². The molecule has 0 saturated carbocycles. The highest BCUT2D eigenvalue weighted by Crippen LogP contribution is 2.26. The van der Waals surface area contributed by atoms with Crippen molar-refractivity contribution in [2.24, 2.45) is 0 Å². The molecular formula is C11H15N3O4. The van der Waals surface area contributed by atoms with E-state index in [1.807, 2.05) is 0 Å². The molecule has 1 aromatic rings. The Morgan fingerprint density at radius 1 is 1.67 bits per heavy atom. The topological polar surface area (TPSA) is 93.5 Å². The molecule has 0 unspecified atom stereocenters. The predicted octanol–water partition coefficient (Wildman–Crippen LogP) is -0.128. The molecule has 0 bridgehead atoms. The van der Waals surface area contributed by atoms with E-state index >= 15 is 0 Å². The second-order valence-electron chi connectivity index (χ2n) is 4.16. The van der Waals surface area contributed by atoms with Crippen LogP contribution < -0.4 is 11.0 Å². The summed E-state index contributed by atoms with van der Waals surface area (Å²) in [5.74, 6) is -0.0578. The molecule has 2 atom stereocenters. The molecule has 0 radical (unpaired) electrons. The fourth-order valence-corrected chi connectivity index (χ4v) is 1.91. The van der Waals surface area contributed by atoms with Crippen molar-refractivity contribution in [2.75, 3.05) is 11.9 Å². The Morgan fingerprint density at radius 2 is 2.44 bits per heavy atom. The number of carbonyl (C=O) groups excluding carboxylic acids is 1. The van der Waals surface area contributed by atoms with Crippen LogP contribution in [0.1, 0.15) is 26.0 Å². The van der Waals surface area contributed by atoms with Crippen LogP contribution in [-0.2, 0) is 9.53 Å². The smallest absolute Gasteiger partial charge is 0.351 e. The van der Waals surface area contributed by atoms with E-state index in [0.717, 1.165) is 0 Å². The second kappa shape index (κ2) is 5.28. The maximum Gasteiger partial charge on any atom is 0.351 e. The number of hydrogen-bond acceptors (Lipinski definition) is 5. The number of hydrogen-bond donors (Lipinski definition) is 2. The van der Waals surface area contributed by atoms with Crippen LogP contribution in [0.4, 0.5) is 5.82 Å². The average molecular weight is 253 g/mol. The van der Waals surface area contributed by atoms with Gasteiger partial charge in [0.15, 0.2) is 0 Å². The van der Waals surface area contributed by atoms with Crippen molar-refractivity contribution in [3.8, 4) is 0 Å². The van der Waals surface area contributed by atoms with Crippen LogP contribution in [0.2, 0.25) is 0 Å². The Kier molecular flexibility index (Phi) is 3.73. The van der Waals surface area contributed by atoms with Crippen LogP contribution in [-0.4, -0.2) is 33.3 Å². The van der Waals surface area contributed by atoms with Crippen molar-refractivity contribution in [1.29, 1.82) is 0 Å². The molecule has 1 saturated heterocycles. The molecule has 1 fully saturated rings. The van der Waals surface area contributed by atoms with Crippen molar-refractivity contribution in [3.05, 3.63) is 22.7 Å². The zero-order valence-electron chi connectivity index (χ0n) is 10.00. The van der Waals surface area contributed by atoms with Gasteiger partial charge in [0.2, 0.25) is 5.91 Å². The van der Waals surface area contributed by atoms with Gasteiger partial charge in [-0.25, -0.2) is 4.79 Å². The zero-order chi connectivity index (χ0) is 13.1. The number of rotatable bonds is 3. The fraction of sp³-hybridized carbons (Fsp3) is 0.545. The van der Waals surface area contributed by atoms with Gasteiger partial charge in [-0.15, -0.1) is 0 Å². The average Bonchev–Trinajstić information content (AvgIpc) is 2.76. The number of nitrogens with zero attached hydrogens (tertiary/aromatic N) is 2. The van der Waals surface area contributed by atoms with Gasteiger partial charge < -0.3 is 15.2 Å². The summed E-state index contributed by atoms with van der Waals surface area (Å²) in [5.41, 5.74) is -0.482. The van der Waals surface area contributed by atoms with Crippen LogP contribution in [0.25, 0.3) is 0 Å². The molecule has 0 spiro atoms. The molecule has 2 rings (SSSR count). The Hall–Kier alpha value is -1.73. The van der Waals surface area contributed by atoms with E-state index < -0.39 is 11.9 Å². The number of aliphatic hydroxyl groups excluding tert-OH is 1. The summed E-state index contributed by atoms with van der Waals surface area (Å²) >= 11 is 0. The minimum atomic E-state index is -0.482. The number of amides is 1. The molecule has 2 heterocycles. The molecule has 1 aliphatic rings. The first-order valence-corrected chi connectivity index (χ1v) is 5.73. The highest BCUT2D eigenvalue weighted by atomic mass is 16.5. The second-order valence-corrected chi connectivity index (χ2v) is 4.16. The van der Waals surface area contributed by atoms with Crippen molar-refractivity contribution < 1.29 is 14.6 Å². The van der Waals surface area contributed by atoms with Crippen LogP contribution in [0.15, 0.2) is 17.1 Å². The normalized spacial score (nSPS) is 23.0. The minimum absolute atomic E-state index is 0.0529.